The van der Waals surface area contributed by atoms with Crippen LogP contribution >= 0.6 is 0 Å². The smallest absolute Gasteiger partial charge is 0.387 e. The van der Waals surface area contributed by atoms with Gasteiger partial charge in [-0.25, -0.2) is 0 Å². The van der Waals surface area contributed by atoms with Crippen molar-refractivity contribution in [1.29, 1.82) is 0 Å². The molecule has 1 aromatic carbocycles. The lowest BCUT2D eigenvalue weighted by Crippen LogP contribution is -2.20. The van der Waals surface area contributed by atoms with Gasteiger partial charge in [-0.3, -0.25) is 0 Å². The Kier molecular flexibility index (Phi) is 5.65. The maximum atomic E-state index is 12.4. The lowest BCUT2D eigenvalue weighted by Gasteiger charge is -2.26. The fourth-order valence-corrected chi connectivity index (χ4v) is 2.77. The molecule has 3 nitrogen and oxygen atoms in total. The van der Waals surface area contributed by atoms with E-state index in [9.17, 15) is 8.78 Å². The van der Waals surface area contributed by atoms with Gasteiger partial charge in [0.15, 0.2) is 11.5 Å². The topological polar surface area (TPSA) is 30.5 Å². The van der Waals surface area contributed by atoms with Crippen LogP contribution in [0.4, 0.5) is 14.5 Å². The quantitative estimate of drug-likeness (QED) is 0.837. The van der Waals surface area contributed by atoms with Crippen molar-refractivity contribution in [3.05, 3.63) is 18.2 Å². The van der Waals surface area contributed by atoms with Gasteiger partial charge in [0.1, 0.15) is 0 Å². The summed E-state index contributed by atoms with van der Waals surface area (Å²) in [5.41, 5.74) is 0.782. The molecular formula is C16H23F2NO2. The minimum atomic E-state index is -2.85. The van der Waals surface area contributed by atoms with Crippen LogP contribution < -0.4 is 14.8 Å². The molecule has 0 saturated heterocycles. The van der Waals surface area contributed by atoms with Crippen LogP contribution in [0.3, 0.4) is 0 Å². The standard InChI is InChI=1S/C16H23F2NO2/c1-11-3-5-12(6-4-11)10-19-13-7-8-14(20-2)15(9-13)21-16(17)18/h7-9,11-12,16,19H,3-6,10H2,1-2H3. The highest BCUT2D eigenvalue weighted by Gasteiger charge is 2.18. The molecular weight excluding hydrogens is 276 g/mol. The summed E-state index contributed by atoms with van der Waals surface area (Å²) in [6.45, 7) is 0.308. The second-order valence-corrected chi connectivity index (χ2v) is 5.75. The molecule has 1 aliphatic carbocycles. The number of alkyl halides is 2. The number of methoxy groups -OCH3 is 1. The number of nitrogens with one attached hydrogen (secondary N) is 1. The van der Waals surface area contributed by atoms with E-state index >= 15 is 0 Å². The van der Waals surface area contributed by atoms with Crippen molar-refractivity contribution in [3.8, 4) is 11.5 Å². The molecule has 1 aliphatic rings. The Bertz CT molecular complexity index is 446. The van der Waals surface area contributed by atoms with Crippen molar-refractivity contribution in [2.75, 3.05) is 19.0 Å². The van der Waals surface area contributed by atoms with Gasteiger partial charge < -0.3 is 14.8 Å². The molecule has 0 heterocycles. The van der Waals surface area contributed by atoms with Crippen LogP contribution in [0.2, 0.25) is 0 Å². The van der Waals surface area contributed by atoms with Crippen LogP contribution in [0.25, 0.3) is 0 Å². The molecule has 5 heteroatoms. The van der Waals surface area contributed by atoms with Crippen molar-refractivity contribution in [2.24, 2.45) is 11.8 Å². The van der Waals surface area contributed by atoms with Gasteiger partial charge in [0.25, 0.3) is 0 Å². The number of halogens is 2. The van der Waals surface area contributed by atoms with E-state index in [2.05, 4.69) is 17.0 Å². The van der Waals surface area contributed by atoms with Crippen molar-refractivity contribution in [3.63, 3.8) is 0 Å². The first-order valence-corrected chi connectivity index (χ1v) is 7.45. The van der Waals surface area contributed by atoms with E-state index in [0.717, 1.165) is 18.2 Å². The summed E-state index contributed by atoms with van der Waals surface area (Å²) in [4.78, 5) is 0. The summed E-state index contributed by atoms with van der Waals surface area (Å²) in [6, 6.07) is 5.03. The number of rotatable bonds is 6. The first-order valence-electron chi connectivity index (χ1n) is 7.45. The van der Waals surface area contributed by atoms with Gasteiger partial charge in [0.05, 0.1) is 7.11 Å². The Morgan fingerprint density at radius 2 is 1.90 bits per heavy atom. The molecule has 1 N–H and O–H groups in total. The number of ether oxygens (including phenoxy) is 2. The Morgan fingerprint density at radius 1 is 1.19 bits per heavy atom. The number of hydrogen-bond donors (Lipinski definition) is 1. The first-order chi connectivity index (χ1) is 10.1. The zero-order valence-electron chi connectivity index (χ0n) is 12.6. The molecule has 0 spiro atoms. The van der Waals surface area contributed by atoms with E-state index in [0.29, 0.717) is 11.7 Å². The summed E-state index contributed by atoms with van der Waals surface area (Å²) in [6.07, 6.45) is 5.00. The fraction of sp³-hybridized carbons (Fsp3) is 0.625. The molecule has 1 aromatic rings. The van der Waals surface area contributed by atoms with Crippen molar-refractivity contribution in [1.82, 2.24) is 0 Å². The Hall–Kier alpha value is -1.52. The molecule has 21 heavy (non-hydrogen) atoms. The van der Waals surface area contributed by atoms with Gasteiger partial charge in [-0.1, -0.05) is 19.8 Å². The highest BCUT2D eigenvalue weighted by molar-refractivity contribution is 5.54. The summed E-state index contributed by atoms with van der Waals surface area (Å²) in [5.74, 6) is 1.86. The Balaban J connectivity index is 1.93. The maximum absolute atomic E-state index is 12.4. The normalized spacial score (nSPS) is 22.1. The van der Waals surface area contributed by atoms with Gasteiger partial charge in [-0.05, 0) is 36.8 Å². The van der Waals surface area contributed by atoms with Crippen molar-refractivity contribution < 1.29 is 18.3 Å². The largest absolute Gasteiger partial charge is 0.493 e. The van der Waals surface area contributed by atoms with Crippen LogP contribution in [0.15, 0.2) is 18.2 Å². The molecule has 0 atom stereocenters. The van der Waals surface area contributed by atoms with Gasteiger partial charge >= 0.3 is 6.61 Å². The highest BCUT2D eigenvalue weighted by atomic mass is 19.3. The lowest BCUT2D eigenvalue weighted by atomic mass is 9.83. The molecule has 2 rings (SSSR count). The van der Waals surface area contributed by atoms with Crippen LogP contribution in [-0.4, -0.2) is 20.3 Å². The van der Waals surface area contributed by atoms with Crippen LogP contribution in [0.1, 0.15) is 32.6 Å². The van der Waals surface area contributed by atoms with Crippen molar-refractivity contribution in [2.45, 2.75) is 39.2 Å². The molecule has 118 valence electrons. The third kappa shape index (κ3) is 4.76. The van der Waals surface area contributed by atoms with Gasteiger partial charge in [-0.15, -0.1) is 0 Å². The minimum Gasteiger partial charge on any atom is -0.493 e. The van der Waals surface area contributed by atoms with Gasteiger partial charge in [0, 0.05) is 18.3 Å². The zero-order valence-corrected chi connectivity index (χ0v) is 12.6. The second-order valence-electron chi connectivity index (χ2n) is 5.75. The number of benzene rings is 1. The van der Waals surface area contributed by atoms with Crippen LogP contribution in [0.5, 0.6) is 11.5 Å². The van der Waals surface area contributed by atoms with Crippen LogP contribution in [-0.2, 0) is 0 Å². The predicted octanol–water partition coefficient (Wildman–Crippen LogP) is 4.53. The summed E-state index contributed by atoms with van der Waals surface area (Å²) >= 11 is 0. The average Bonchev–Trinajstić information content (AvgIpc) is 2.46. The van der Waals surface area contributed by atoms with Crippen molar-refractivity contribution >= 4 is 5.69 Å². The molecule has 0 bridgehead atoms. The molecule has 0 aromatic heterocycles. The van der Waals surface area contributed by atoms with Gasteiger partial charge in [-0.2, -0.15) is 8.78 Å². The minimum absolute atomic E-state index is 0.0646. The molecule has 0 aliphatic heterocycles. The fourth-order valence-electron chi connectivity index (χ4n) is 2.77. The average molecular weight is 299 g/mol. The third-order valence-corrected chi connectivity index (χ3v) is 4.11. The monoisotopic (exact) mass is 299 g/mol. The Morgan fingerprint density at radius 3 is 2.52 bits per heavy atom. The predicted molar refractivity (Wildman–Crippen MR) is 79.2 cm³/mol. The second kappa shape index (κ2) is 7.48. The van der Waals surface area contributed by atoms with E-state index in [1.54, 1.807) is 12.1 Å². The molecule has 1 fully saturated rings. The van der Waals surface area contributed by atoms with E-state index in [1.165, 1.54) is 32.8 Å². The van der Waals surface area contributed by atoms with E-state index in [4.69, 9.17) is 4.74 Å². The number of hydrogen-bond acceptors (Lipinski definition) is 3. The van der Waals surface area contributed by atoms with E-state index in [-0.39, 0.29) is 5.75 Å². The van der Waals surface area contributed by atoms with Gasteiger partial charge in [0.2, 0.25) is 0 Å². The number of anilines is 1. The first kappa shape index (κ1) is 15.9. The third-order valence-electron chi connectivity index (χ3n) is 4.11. The Labute approximate surface area is 124 Å². The van der Waals surface area contributed by atoms with E-state index in [1.807, 2.05) is 6.07 Å². The maximum Gasteiger partial charge on any atom is 0.387 e. The van der Waals surface area contributed by atoms with Crippen LogP contribution in [0, 0.1) is 11.8 Å². The summed E-state index contributed by atoms with van der Waals surface area (Å²) in [7, 11) is 1.43. The lowest BCUT2D eigenvalue weighted by molar-refractivity contribution is -0.0511. The SMILES string of the molecule is COc1ccc(NCC2CCC(C)CC2)cc1OC(F)F. The zero-order chi connectivity index (χ0) is 15.2. The molecule has 0 amide bonds. The molecule has 1 saturated carbocycles. The summed E-state index contributed by atoms with van der Waals surface area (Å²) < 4.78 is 34.3. The molecule has 0 radical (unpaired) electrons. The van der Waals surface area contributed by atoms with E-state index < -0.39 is 6.61 Å². The molecule has 0 unspecified atom stereocenters. The summed E-state index contributed by atoms with van der Waals surface area (Å²) in [5, 5.41) is 3.31. The highest BCUT2D eigenvalue weighted by Crippen LogP contribution is 2.32.